The van der Waals surface area contributed by atoms with E-state index in [-0.39, 0.29) is 0 Å². The molecule has 2 saturated carbocycles. The summed E-state index contributed by atoms with van der Waals surface area (Å²) in [7, 11) is 2.14. The van der Waals surface area contributed by atoms with Crippen molar-refractivity contribution in [3.63, 3.8) is 0 Å². The van der Waals surface area contributed by atoms with Gasteiger partial charge < -0.3 is 5.32 Å². The Labute approximate surface area is 124 Å². The number of nitrogens with one attached hydrogen (secondary N) is 1. The van der Waals surface area contributed by atoms with Crippen molar-refractivity contribution in [2.45, 2.75) is 52.0 Å². The van der Waals surface area contributed by atoms with Crippen LogP contribution in [0.2, 0.25) is 0 Å². The lowest BCUT2D eigenvalue weighted by molar-refractivity contribution is 0.259. The maximum atomic E-state index is 3.63. The third kappa shape index (κ3) is 2.79. The molecule has 1 heteroatoms. The Hall–Kier alpha value is -0.820. The van der Waals surface area contributed by atoms with Gasteiger partial charge in [0.25, 0.3) is 0 Å². The Bertz CT molecular complexity index is 451. The van der Waals surface area contributed by atoms with Gasteiger partial charge in [0, 0.05) is 6.04 Å². The van der Waals surface area contributed by atoms with Crippen molar-refractivity contribution in [1.29, 1.82) is 0 Å². The smallest absolute Gasteiger partial charge is 0.0349 e. The van der Waals surface area contributed by atoms with Gasteiger partial charge in [-0.1, -0.05) is 44.5 Å². The molecule has 0 amide bonds. The molecule has 2 fully saturated rings. The molecule has 0 aromatic heterocycles. The summed E-state index contributed by atoms with van der Waals surface area (Å²) in [6, 6.07) is 9.89. The molecular formula is C19H29N. The lowest BCUT2D eigenvalue weighted by Crippen LogP contribution is -2.29. The highest BCUT2D eigenvalue weighted by molar-refractivity contribution is 5.27. The Kier molecular flexibility index (Phi) is 4.16. The van der Waals surface area contributed by atoms with Crippen LogP contribution < -0.4 is 5.32 Å². The Morgan fingerprint density at radius 1 is 1.20 bits per heavy atom. The molecule has 4 atom stereocenters. The van der Waals surface area contributed by atoms with Crippen LogP contribution in [-0.4, -0.2) is 7.05 Å². The molecule has 0 spiro atoms. The van der Waals surface area contributed by atoms with Crippen molar-refractivity contribution in [2.75, 3.05) is 7.05 Å². The van der Waals surface area contributed by atoms with Gasteiger partial charge in [0.05, 0.1) is 0 Å². The molecule has 4 unspecified atom stereocenters. The Balaban J connectivity index is 1.79. The summed E-state index contributed by atoms with van der Waals surface area (Å²) < 4.78 is 0. The zero-order chi connectivity index (χ0) is 14.1. The van der Waals surface area contributed by atoms with Crippen molar-refractivity contribution >= 4 is 0 Å². The maximum Gasteiger partial charge on any atom is 0.0349 e. The molecule has 2 aliphatic rings. The second kappa shape index (κ2) is 5.89. The first-order chi connectivity index (χ1) is 9.67. The predicted octanol–water partition coefficient (Wildman–Crippen LogP) is 4.58. The molecule has 0 saturated heterocycles. The van der Waals surface area contributed by atoms with Crippen LogP contribution in [0.4, 0.5) is 0 Å². The molecule has 0 aliphatic heterocycles. The van der Waals surface area contributed by atoms with E-state index in [1.54, 1.807) is 0 Å². The van der Waals surface area contributed by atoms with Crippen molar-refractivity contribution in [3.8, 4) is 0 Å². The molecular weight excluding hydrogens is 242 g/mol. The quantitative estimate of drug-likeness (QED) is 0.826. The third-order valence-electron chi connectivity index (χ3n) is 5.49. The van der Waals surface area contributed by atoms with E-state index in [0.29, 0.717) is 6.04 Å². The average molecular weight is 271 g/mol. The molecule has 2 aliphatic carbocycles. The minimum absolute atomic E-state index is 0.567. The summed E-state index contributed by atoms with van der Waals surface area (Å²) in [6.07, 6.45) is 7.10. The molecule has 0 heterocycles. The molecule has 2 bridgehead atoms. The SMILES string of the molecule is CNC(c1cccc(CC(C)C)c1)C1CC2CCC1C2. The number of hydrogen-bond donors (Lipinski definition) is 1. The maximum absolute atomic E-state index is 3.63. The largest absolute Gasteiger partial charge is 0.313 e. The van der Waals surface area contributed by atoms with E-state index in [1.807, 2.05) is 0 Å². The molecule has 0 radical (unpaired) electrons. The summed E-state index contributed by atoms with van der Waals surface area (Å²) in [5.74, 6) is 3.61. The van der Waals surface area contributed by atoms with Crippen LogP contribution in [0.5, 0.6) is 0 Å². The van der Waals surface area contributed by atoms with Gasteiger partial charge in [-0.3, -0.25) is 0 Å². The van der Waals surface area contributed by atoms with Crippen molar-refractivity contribution in [3.05, 3.63) is 35.4 Å². The number of fused-ring (bicyclic) bond motifs is 2. The summed E-state index contributed by atoms with van der Waals surface area (Å²) in [5.41, 5.74) is 3.02. The van der Waals surface area contributed by atoms with E-state index in [9.17, 15) is 0 Å². The standard InChI is InChI=1S/C19H29N/c1-13(2)9-14-5-4-6-17(11-14)19(20-3)18-12-15-7-8-16(18)10-15/h4-6,11,13,15-16,18-20H,7-10,12H2,1-3H3. The van der Waals surface area contributed by atoms with Crippen LogP contribution in [-0.2, 0) is 6.42 Å². The van der Waals surface area contributed by atoms with Crippen molar-refractivity contribution in [1.82, 2.24) is 5.32 Å². The van der Waals surface area contributed by atoms with Gasteiger partial charge in [0.2, 0.25) is 0 Å². The Morgan fingerprint density at radius 2 is 2.05 bits per heavy atom. The van der Waals surface area contributed by atoms with E-state index < -0.39 is 0 Å². The second-order valence-corrected chi connectivity index (χ2v) is 7.45. The summed E-state index contributed by atoms with van der Waals surface area (Å²) in [5, 5.41) is 3.63. The lowest BCUT2D eigenvalue weighted by Gasteiger charge is -2.31. The van der Waals surface area contributed by atoms with Crippen LogP contribution in [0.1, 0.15) is 56.7 Å². The fraction of sp³-hybridized carbons (Fsp3) is 0.684. The van der Waals surface area contributed by atoms with E-state index >= 15 is 0 Å². The fourth-order valence-electron chi connectivity index (χ4n) is 4.72. The number of benzene rings is 1. The third-order valence-corrected chi connectivity index (χ3v) is 5.49. The van der Waals surface area contributed by atoms with Crippen LogP contribution in [0.25, 0.3) is 0 Å². The molecule has 20 heavy (non-hydrogen) atoms. The predicted molar refractivity (Wildman–Crippen MR) is 85.7 cm³/mol. The lowest BCUT2D eigenvalue weighted by atomic mass is 9.80. The molecule has 1 N–H and O–H groups in total. The van der Waals surface area contributed by atoms with Gasteiger partial charge in [-0.25, -0.2) is 0 Å². The first kappa shape index (κ1) is 14.1. The van der Waals surface area contributed by atoms with Gasteiger partial charge in [-0.15, -0.1) is 0 Å². The minimum atomic E-state index is 0.567. The van der Waals surface area contributed by atoms with Crippen LogP contribution in [0.15, 0.2) is 24.3 Å². The molecule has 110 valence electrons. The normalized spacial score (nSPS) is 30.1. The zero-order valence-corrected chi connectivity index (χ0v) is 13.2. The number of hydrogen-bond acceptors (Lipinski definition) is 1. The molecule has 3 rings (SSSR count). The summed E-state index contributed by atoms with van der Waals surface area (Å²) in [4.78, 5) is 0. The van der Waals surface area contributed by atoms with Gasteiger partial charge in [-0.2, -0.15) is 0 Å². The summed E-state index contributed by atoms with van der Waals surface area (Å²) >= 11 is 0. The van der Waals surface area contributed by atoms with Gasteiger partial charge in [0.15, 0.2) is 0 Å². The molecule has 1 aromatic carbocycles. The molecule has 1 aromatic rings. The fourth-order valence-corrected chi connectivity index (χ4v) is 4.72. The van der Waals surface area contributed by atoms with E-state index in [2.05, 4.69) is 50.5 Å². The Morgan fingerprint density at radius 3 is 2.65 bits per heavy atom. The topological polar surface area (TPSA) is 12.0 Å². The first-order valence-corrected chi connectivity index (χ1v) is 8.43. The van der Waals surface area contributed by atoms with Crippen LogP contribution in [0.3, 0.4) is 0 Å². The monoisotopic (exact) mass is 271 g/mol. The van der Waals surface area contributed by atoms with E-state index in [0.717, 1.165) is 23.7 Å². The minimum Gasteiger partial charge on any atom is -0.313 e. The molecule has 1 nitrogen and oxygen atoms in total. The highest BCUT2D eigenvalue weighted by Gasteiger charge is 2.43. The van der Waals surface area contributed by atoms with Crippen molar-refractivity contribution in [2.24, 2.45) is 23.7 Å². The van der Waals surface area contributed by atoms with E-state index in [1.165, 1.54) is 43.2 Å². The van der Waals surface area contributed by atoms with E-state index in [4.69, 9.17) is 0 Å². The highest BCUT2D eigenvalue weighted by atomic mass is 14.9. The van der Waals surface area contributed by atoms with Gasteiger partial charge in [-0.05, 0) is 67.5 Å². The first-order valence-electron chi connectivity index (χ1n) is 8.43. The van der Waals surface area contributed by atoms with Crippen molar-refractivity contribution < 1.29 is 0 Å². The zero-order valence-electron chi connectivity index (χ0n) is 13.2. The average Bonchev–Trinajstić information content (AvgIpc) is 3.02. The van der Waals surface area contributed by atoms with Crippen LogP contribution >= 0.6 is 0 Å². The van der Waals surface area contributed by atoms with Gasteiger partial charge >= 0.3 is 0 Å². The van der Waals surface area contributed by atoms with Crippen LogP contribution in [0, 0.1) is 23.7 Å². The number of rotatable bonds is 5. The van der Waals surface area contributed by atoms with Gasteiger partial charge in [0.1, 0.15) is 0 Å². The summed E-state index contributed by atoms with van der Waals surface area (Å²) in [6.45, 7) is 4.61. The highest BCUT2D eigenvalue weighted by Crippen LogP contribution is 2.52. The second-order valence-electron chi connectivity index (χ2n) is 7.45.